The molecule has 0 atom stereocenters. The van der Waals surface area contributed by atoms with Crippen LogP contribution >= 0.6 is 45.3 Å². The maximum absolute atomic E-state index is 2.34. The van der Waals surface area contributed by atoms with E-state index in [0.29, 0.717) is 0 Å². The van der Waals surface area contributed by atoms with Gasteiger partial charge >= 0.3 is 0 Å². The highest BCUT2D eigenvalue weighted by molar-refractivity contribution is 7.14. The Morgan fingerprint density at radius 2 is 0.397 bits per heavy atom. The Balaban J connectivity index is 0.957. The van der Waals surface area contributed by atoms with Gasteiger partial charge in [0.25, 0.3) is 0 Å². The standard InChI is InChI=1S/C52H36N2S4/c1-5-49(55-33-1)39-13-25-45(26-14-39)53(46-27-15-40(16-28-46)50-6-2-34-56-50)43-21-9-37(10-22-43)38-11-23-44(24-12-38)54(47-29-17-41(18-30-47)51-7-3-35-57-51)48-31-19-42(20-32-48)52-8-4-36-58-52/h1-36H. The number of hydrogen-bond donors (Lipinski definition) is 0. The molecule has 278 valence electrons. The molecular formula is C52H36N2S4. The second kappa shape index (κ2) is 16.3. The van der Waals surface area contributed by atoms with E-state index in [1.54, 1.807) is 45.3 Å². The van der Waals surface area contributed by atoms with Gasteiger partial charge in [0.05, 0.1) is 0 Å². The normalized spacial score (nSPS) is 11.1. The fourth-order valence-corrected chi connectivity index (χ4v) is 10.3. The molecule has 4 heterocycles. The van der Waals surface area contributed by atoms with Crippen molar-refractivity contribution in [2.24, 2.45) is 0 Å². The summed E-state index contributed by atoms with van der Waals surface area (Å²) in [6.45, 7) is 0. The van der Waals surface area contributed by atoms with Crippen molar-refractivity contribution >= 4 is 79.5 Å². The Hall–Kier alpha value is -6.28. The van der Waals surface area contributed by atoms with Gasteiger partial charge in [0.2, 0.25) is 0 Å². The molecule has 0 N–H and O–H groups in total. The molecule has 0 radical (unpaired) electrons. The second-order valence-electron chi connectivity index (χ2n) is 13.9. The highest BCUT2D eigenvalue weighted by Gasteiger charge is 2.16. The number of thiophene rings is 4. The van der Waals surface area contributed by atoms with E-state index in [0.717, 1.165) is 34.1 Å². The van der Waals surface area contributed by atoms with Gasteiger partial charge in [-0.2, -0.15) is 0 Å². The van der Waals surface area contributed by atoms with Gasteiger partial charge in [-0.15, -0.1) is 45.3 Å². The number of nitrogens with zero attached hydrogens (tertiary/aromatic N) is 2. The second-order valence-corrected chi connectivity index (χ2v) is 17.7. The van der Waals surface area contributed by atoms with Crippen LogP contribution in [0.15, 0.2) is 216 Å². The fourth-order valence-electron chi connectivity index (χ4n) is 7.37. The zero-order chi connectivity index (χ0) is 38.7. The molecule has 0 saturated heterocycles. The molecule has 0 spiro atoms. The summed E-state index contributed by atoms with van der Waals surface area (Å²) in [6.07, 6.45) is 0. The van der Waals surface area contributed by atoms with Crippen LogP contribution in [-0.2, 0) is 0 Å². The number of benzene rings is 6. The Bertz CT molecular complexity index is 2450. The largest absolute Gasteiger partial charge is 0.311 e. The molecule has 0 aliphatic carbocycles. The molecule has 0 aliphatic heterocycles. The molecule has 6 heteroatoms. The molecule has 10 rings (SSSR count). The van der Waals surface area contributed by atoms with Crippen molar-refractivity contribution in [3.8, 4) is 52.9 Å². The van der Waals surface area contributed by atoms with Crippen molar-refractivity contribution < 1.29 is 0 Å². The van der Waals surface area contributed by atoms with E-state index >= 15 is 0 Å². The SMILES string of the molecule is c1csc(-c2ccc(N(c3ccc(-c4ccc(N(c5ccc(-c6cccs6)cc5)c5ccc(-c6cccs6)cc5)cc4)cc3)c3ccc(-c4cccs4)cc3)cc2)c1. The highest BCUT2D eigenvalue weighted by Crippen LogP contribution is 2.41. The predicted octanol–water partition coefficient (Wildman–Crippen LogP) is 17.2. The topological polar surface area (TPSA) is 6.48 Å². The summed E-state index contributed by atoms with van der Waals surface area (Å²) in [5, 5.41) is 8.52. The first-order valence-electron chi connectivity index (χ1n) is 19.1. The summed E-state index contributed by atoms with van der Waals surface area (Å²) < 4.78 is 0. The lowest BCUT2D eigenvalue weighted by Gasteiger charge is -2.26. The van der Waals surface area contributed by atoms with Crippen LogP contribution in [0.5, 0.6) is 0 Å². The molecule has 0 saturated carbocycles. The predicted molar refractivity (Wildman–Crippen MR) is 254 cm³/mol. The summed E-state index contributed by atoms with van der Waals surface area (Å²) in [5.41, 5.74) is 14.0. The third-order valence-electron chi connectivity index (χ3n) is 10.3. The summed E-state index contributed by atoms with van der Waals surface area (Å²) >= 11 is 7.07. The number of hydrogen-bond acceptors (Lipinski definition) is 6. The minimum atomic E-state index is 1.11. The first kappa shape index (κ1) is 36.1. The van der Waals surface area contributed by atoms with Gasteiger partial charge in [0.1, 0.15) is 0 Å². The van der Waals surface area contributed by atoms with Crippen LogP contribution < -0.4 is 9.80 Å². The third-order valence-corrected chi connectivity index (χ3v) is 14.0. The smallest absolute Gasteiger partial charge is 0.0462 e. The lowest BCUT2D eigenvalue weighted by molar-refractivity contribution is 1.28. The lowest BCUT2D eigenvalue weighted by atomic mass is 10.0. The molecule has 58 heavy (non-hydrogen) atoms. The number of rotatable bonds is 11. The van der Waals surface area contributed by atoms with Gasteiger partial charge in [-0.05, 0) is 152 Å². The Morgan fingerprint density at radius 3 is 0.569 bits per heavy atom. The number of anilines is 6. The Morgan fingerprint density at radius 1 is 0.207 bits per heavy atom. The van der Waals surface area contributed by atoms with Gasteiger partial charge in [-0.1, -0.05) is 97.1 Å². The van der Waals surface area contributed by atoms with E-state index in [1.807, 2.05) is 0 Å². The minimum Gasteiger partial charge on any atom is -0.311 e. The molecule has 10 aromatic rings. The van der Waals surface area contributed by atoms with E-state index in [2.05, 4.69) is 225 Å². The van der Waals surface area contributed by atoms with Crippen LogP contribution in [0.1, 0.15) is 0 Å². The Labute approximate surface area is 355 Å². The van der Waals surface area contributed by atoms with Gasteiger partial charge in [-0.25, -0.2) is 0 Å². The van der Waals surface area contributed by atoms with Crippen LogP contribution in [0.25, 0.3) is 52.9 Å². The van der Waals surface area contributed by atoms with Crippen molar-refractivity contribution in [1.29, 1.82) is 0 Å². The lowest BCUT2D eigenvalue weighted by Crippen LogP contribution is -2.10. The fraction of sp³-hybridized carbons (Fsp3) is 0. The average molecular weight is 817 g/mol. The maximum atomic E-state index is 2.34. The average Bonchev–Trinajstić information content (AvgIpc) is 4.15. The maximum Gasteiger partial charge on any atom is 0.0462 e. The van der Waals surface area contributed by atoms with E-state index in [9.17, 15) is 0 Å². The first-order valence-corrected chi connectivity index (χ1v) is 22.6. The zero-order valence-electron chi connectivity index (χ0n) is 31.3. The molecule has 0 aliphatic rings. The van der Waals surface area contributed by atoms with E-state index in [-0.39, 0.29) is 0 Å². The van der Waals surface area contributed by atoms with Crippen molar-refractivity contribution in [3.05, 3.63) is 216 Å². The molecule has 2 nitrogen and oxygen atoms in total. The van der Waals surface area contributed by atoms with Gasteiger partial charge in [0.15, 0.2) is 0 Å². The summed E-state index contributed by atoms with van der Waals surface area (Å²) in [7, 11) is 0. The quantitative estimate of drug-likeness (QED) is 0.128. The summed E-state index contributed by atoms with van der Waals surface area (Å²) in [6, 6.07) is 70.7. The van der Waals surface area contributed by atoms with Crippen LogP contribution in [0.3, 0.4) is 0 Å². The van der Waals surface area contributed by atoms with E-state index < -0.39 is 0 Å². The molecule has 0 amide bonds. The summed E-state index contributed by atoms with van der Waals surface area (Å²) in [4.78, 5) is 9.78. The van der Waals surface area contributed by atoms with E-state index in [1.165, 1.54) is 52.9 Å². The first-order chi connectivity index (χ1) is 28.7. The van der Waals surface area contributed by atoms with Crippen LogP contribution in [0.4, 0.5) is 34.1 Å². The Kier molecular flexibility index (Phi) is 10.1. The third kappa shape index (κ3) is 7.47. The molecule has 0 bridgehead atoms. The highest BCUT2D eigenvalue weighted by atomic mass is 32.1. The van der Waals surface area contributed by atoms with Crippen molar-refractivity contribution in [1.82, 2.24) is 0 Å². The minimum absolute atomic E-state index is 1.11. The molecular weight excluding hydrogens is 781 g/mol. The molecule has 0 unspecified atom stereocenters. The van der Waals surface area contributed by atoms with Crippen LogP contribution in [0.2, 0.25) is 0 Å². The van der Waals surface area contributed by atoms with Crippen molar-refractivity contribution in [2.45, 2.75) is 0 Å². The van der Waals surface area contributed by atoms with Gasteiger partial charge in [0, 0.05) is 53.6 Å². The zero-order valence-corrected chi connectivity index (χ0v) is 34.6. The van der Waals surface area contributed by atoms with Gasteiger partial charge < -0.3 is 9.80 Å². The molecule has 4 aromatic heterocycles. The van der Waals surface area contributed by atoms with E-state index in [4.69, 9.17) is 0 Å². The van der Waals surface area contributed by atoms with Crippen molar-refractivity contribution in [3.63, 3.8) is 0 Å². The van der Waals surface area contributed by atoms with Crippen LogP contribution in [-0.4, -0.2) is 0 Å². The summed E-state index contributed by atoms with van der Waals surface area (Å²) in [5.74, 6) is 0. The molecule has 0 fully saturated rings. The molecule has 6 aromatic carbocycles. The van der Waals surface area contributed by atoms with Crippen LogP contribution in [0, 0.1) is 0 Å². The van der Waals surface area contributed by atoms with Gasteiger partial charge in [-0.3, -0.25) is 0 Å². The monoisotopic (exact) mass is 816 g/mol. The van der Waals surface area contributed by atoms with Crippen molar-refractivity contribution in [2.75, 3.05) is 9.80 Å².